The fourth-order valence-corrected chi connectivity index (χ4v) is 2.67. The van der Waals surface area contributed by atoms with Crippen LogP contribution in [0.4, 0.5) is 11.4 Å². The molecule has 0 saturated heterocycles. The van der Waals surface area contributed by atoms with Crippen LogP contribution in [-0.4, -0.2) is 18.6 Å². The lowest BCUT2D eigenvalue weighted by atomic mass is 10.2. The van der Waals surface area contributed by atoms with Crippen molar-refractivity contribution in [3.05, 3.63) is 21.8 Å². The maximum atomic E-state index is 5.70. The van der Waals surface area contributed by atoms with Crippen molar-refractivity contribution >= 4 is 45.7 Å². The quantitative estimate of drug-likeness (QED) is 0.446. The molecule has 0 aliphatic heterocycles. The van der Waals surface area contributed by atoms with Crippen molar-refractivity contribution < 1.29 is 0 Å². The Morgan fingerprint density at radius 2 is 2.12 bits per heavy atom. The molecule has 2 nitrogen and oxygen atoms in total. The number of hydrogen-bond donors (Lipinski definition) is 2. The van der Waals surface area contributed by atoms with Gasteiger partial charge in [0, 0.05) is 21.5 Å². The van der Waals surface area contributed by atoms with E-state index in [0.29, 0.717) is 0 Å². The highest BCUT2D eigenvalue weighted by Crippen LogP contribution is 2.20. The number of rotatable bonds is 7. The van der Waals surface area contributed by atoms with Gasteiger partial charge in [0.25, 0.3) is 0 Å². The Hall–Kier alpha value is -0.100. The van der Waals surface area contributed by atoms with Gasteiger partial charge in [-0.25, -0.2) is 0 Å². The topological polar surface area (TPSA) is 38.0 Å². The first kappa shape index (κ1) is 14.0. The molecule has 3 N–H and O–H groups in total. The van der Waals surface area contributed by atoms with Crippen molar-refractivity contribution in [2.45, 2.75) is 19.3 Å². The zero-order valence-corrected chi connectivity index (χ0v) is 12.6. The maximum absolute atomic E-state index is 5.70. The number of nitrogens with one attached hydrogen (secondary N) is 1. The van der Waals surface area contributed by atoms with E-state index in [4.69, 9.17) is 5.73 Å². The number of thioether (sulfide) groups is 1. The maximum Gasteiger partial charge on any atom is 0.0477 e. The highest BCUT2D eigenvalue weighted by Gasteiger charge is 1.98. The minimum atomic E-state index is 0.829. The summed E-state index contributed by atoms with van der Waals surface area (Å²) in [5, 5.41) is 3.45. The molecule has 0 radical (unpaired) electrons. The predicted octanol–water partition coefficient (Wildman–Crippen LogP) is 3.82. The summed E-state index contributed by atoms with van der Waals surface area (Å²) < 4.78 is 1.20. The van der Waals surface area contributed by atoms with Gasteiger partial charge in [-0.15, -0.1) is 0 Å². The molecule has 16 heavy (non-hydrogen) atoms. The van der Waals surface area contributed by atoms with Crippen LogP contribution in [0.1, 0.15) is 19.3 Å². The number of nitrogens with two attached hydrogens (primary N) is 1. The third kappa shape index (κ3) is 5.30. The van der Waals surface area contributed by atoms with Gasteiger partial charge in [0.2, 0.25) is 0 Å². The smallest absolute Gasteiger partial charge is 0.0477 e. The standard InChI is InChI=1S/C12H19IN2S/c1-16-8-4-2-3-7-15-12-6-5-10(14)9-11(12)13/h5-6,9,15H,2-4,7-8,14H2,1H3. The van der Waals surface area contributed by atoms with Gasteiger partial charge in [0.1, 0.15) is 0 Å². The Balaban J connectivity index is 2.21. The second-order valence-electron chi connectivity index (χ2n) is 3.72. The van der Waals surface area contributed by atoms with Gasteiger partial charge >= 0.3 is 0 Å². The van der Waals surface area contributed by atoms with Crippen LogP contribution in [0.2, 0.25) is 0 Å². The van der Waals surface area contributed by atoms with E-state index in [0.717, 1.165) is 12.2 Å². The molecule has 1 aromatic carbocycles. The number of halogens is 1. The number of unbranched alkanes of at least 4 members (excludes halogenated alkanes) is 2. The monoisotopic (exact) mass is 350 g/mol. The molecule has 4 heteroatoms. The fraction of sp³-hybridized carbons (Fsp3) is 0.500. The van der Waals surface area contributed by atoms with E-state index in [9.17, 15) is 0 Å². The molecule has 1 aromatic rings. The average Bonchev–Trinajstić information content (AvgIpc) is 2.26. The normalized spacial score (nSPS) is 10.4. The summed E-state index contributed by atoms with van der Waals surface area (Å²) in [6, 6.07) is 5.99. The van der Waals surface area contributed by atoms with Crippen molar-refractivity contribution in [2.24, 2.45) is 0 Å². The van der Waals surface area contributed by atoms with Crippen LogP contribution in [0, 0.1) is 3.57 Å². The largest absolute Gasteiger partial charge is 0.399 e. The van der Waals surface area contributed by atoms with Crippen LogP contribution in [0.25, 0.3) is 0 Å². The number of benzene rings is 1. The van der Waals surface area contributed by atoms with Gasteiger partial charge in [-0.2, -0.15) is 11.8 Å². The molecule has 1 rings (SSSR count). The number of nitrogen functional groups attached to an aromatic ring is 1. The van der Waals surface area contributed by atoms with Gasteiger partial charge in [-0.3, -0.25) is 0 Å². The molecule has 0 spiro atoms. The van der Waals surface area contributed by atoms with E-state index in [2.05, 4.69) is 40.2 Å². The van der Waals surface area contributed by atoms with E-state index in [-0.39, 0.29) is 0 Å². The first-order valence-corrected chi connectivity index (χ1v) is 7.99. The van der Waals surface area contributed by atoms with Crippen molar-refractivity contribution in [1.82, 2.24) is 0 Å². The second-order valence-corrected chi connectivity index (χ2v) is 5.87. The first-order chi connectivity index (χ1) is 7.74. The molecule has 0 bridgehead atoms. The van der Waals surface area contributed by atoms with Crippen molar-refractivity contribution in [3.8, 4) is 0 Å². The Morgan fingerprint density at radius 3 is 2.81 bits per heavy atom. The Labute approximate surface area is 116 Å². The Bertz CT molecular complexity index is 318. The van der Waals surface area contributed by atoms with E-state index in [1.54, 1.807) is 0 Å². The minimum absolute atomic E-state index is 0.829. The number of hydrogen-bond acceptors (Lipinski definition) is 3. The summed E-state index contributed by atoms with van der Waals surface area (Å²) in [5.41, 5.74) is 7.73. The second kappa shape index (κ2) is 8.06. The van der Waals surface area contributed by atoms with Crippen molar-refractivity contribution in [1.29, 1.82) is 0 Å². The van der Waals surface area contributed by atoms with Crippen molar-refractivity contribution in [2.75, 3.05) is 29.6 Å². The predicted molar refractivity (Wildman–Crippen MR) is 84.3 cm³/mol. The zero-order valence-electron chi connectivity index (χ0n) is 9.63. The molecule has 0 aliphatic carbocycles. The van der Waals surface area contributed by atoms with Crippen molar-refractivity contribution in [3.63, 3.8) is 0 Å². The molecular formula is C12H19IN2S. The van der Waals surface area contributed by atoms with Crippen LogP contribution in [-0.2, 0) is 0 Å². The fourth-order valence-electron chi connectivity index (χ4n) is 1.45. The molecule has 0 heterocycles. The summed E-state index contributed by atoms with van der Waals surface area (Å²) >= 11 is 4.24. The van der Waals surface area contributed by atoms with Crippen LogP contribution in [0.15, 0.2) is 18.2 Å². The summed E-state index contributed by atoms with van der Waals surface area (Å²) in [6.07, 6.45) is 6.02. The van der Waals surface area contributed by atoms with Crippen LogP contribution in [0.3, 0.4) is 0 Å². The van der Waals surface area contributed by atoms with E-state index in [1.807, 2.05) is 23.9 Å². The van der Waals surface area contributed by atoms with Gasteiger partial charge in [0.15, 0.2) is 0 Å². The van der Waals surface area contributed by atoms with E-state index in [1.165, 1.54) is 34.3 Å². The van der Waals surface area contributed by atoms with Crippen LogP contribution >= 0.6 is 34.4 Å². The van der Waals surface area contributed by atoms with Crippen LogP contribution < -0.4 is 11.1 Å². The summed E-state index contributed by atoms with van der Waals surface area (Å²) in [6.45, 7) is 1.05. The molecule has 0 unspecified atom stereocenters. The Morgan fingerprint density at radius 1 is 1.31 bits per heavy atom. The SMILES string of the molecule is CSCCCCCNc1ccc(N)cc1I. The lowest BCUT2D eigenvalue weighted by Crippen LogP contribution is -2.03. The third-order valence-corrected chi connectivity index (χ3v) is 3.92. The summed E-state index contributed by atoms with van der Waals surface area (Å²) in [5.74, 6) is 1.28. The third-order valence-electron chi connectivity index (χ3n) is 2.33. The number of anilines is 2. The molecule has 0 aromatic heterocycles. The molecule has 0 saturated carbocycles. The van der Waals surface area contributed by atoms with Gasteiger partial charge in [0.05, 0.1) is 0 Å². The van der Waals surface area contributed by atoms with Crippen LogP contribution in [0.5, 0.6) is 0 Å². The van der Waals surface area contributed by atoms with Gasteiger partial charge in [-0.1, -0.05) is 6.42 Å². The summed E-state index contributed by atoms with van der Waals surface area (Å²) in [4.78, 5) is 0. The molecule has 0 atom stereocenters. The molecular weight excluding hydrogens is 331 g/mol. The highest BCUT2D eigenvalue weighted by molar-refractivity contribution is 14.1. The molecule has 0 fully saturated rings. The van der Waals surface area contributed by atoms with E-state index >= 15 is 0 Å². The van der Waals surface area contributed by atoms with E-state index < -0.39 is 0 Å². The summed E-state index contributed by atoms with van der Waals surface area (Å²) in [7, 11) is 0. The molecule has 90 valence electrons. The molecule has 0 aliphatic rings. The van der Waals surface area contributed by atoms with Gasteiger partial charge < -0.3 is 11.1 Å². The lowest BCUT2D eigenvalue weighted by Gasteiger charge is -2.08. The molecule has 0 amide bonds. The zero-order chi connectivity index (χ0) is 11.8. The first-order valence-electron chi connectivity index (χ1n) is 5.52. The lowest BCUT2D eigenvalue weighted by molar-refractivity contribution is 0.749. The minimum Gasteiger partial charge on any atom is -0.399 e. The highest BCUT2D eigenvalue weighted by atomic mass is 127. The Kier molecular flexibility index (Phi) is 7.03. The van der Waals surface area contributed by atoms with Gasteiger partial charge in [-0.05, 0) is 65.6 Å². The average molecular weight is 350 g/mol.